The van der Waals surface area contributed by atoms with Crippen LogP contribution in [-0.2, 0) is 9.59 Å². The third-order valence-electron chi connectivity index (χ3n) is 5.64. The summed E-state index contributed by atoms with van der Waals surface area (Å²) in [4.78, 5) is 30.5. The van der Waals surface area contributed by atoms with Gasteiger partial charge in [0.15, 0.2) is 0 Å². The molecule has 3 aliphatic rings. The van der Waals surface area contributed by atoms with Gasteiger partial charge in [-0.2, -0.15) is 0 Å². The van der Waals surface area contributed by atoms with E-state index >= 15 is 0 Å². The molecule has 0 aromatic rings. The molecule has 1 spiro atoms. The third-order valence-corrected chi connectivity index (χ3v) is 5.64. The molecule has 2 amide bonds. The molecular formula is C18H32N4O3. The number of likely N-dealkylation sites (tertiary alicyclic amines) is 1. The van der Waals surface area contributed by atoms with E-state index in [2.05, 4.69) is 29.0 Å². The number of nitrogens with one attached hydrogen (secondary N) is 1. The maximum atomic E-state index is 12.6. The van der Waals surface area contributed by atoms with Crippen molar-refractivity contribution in [2.24, 2.45) is 5.92 Å². The van der Waals surface area contributed by atoms with E-state index < -0.39 is 0 Å². The minimum absolute atomic E-state index is 0.00104. The molecule has 3 fully saturated rings. The van der Waals surface area contributed by atoms with Gasteiger partial charge >= 0.3 is 0 Å². The van der Waals surface area contributed by atoms with Crippen molar-refractivity contribution in [1.82, 2.24) is 20.0 Å². The number of hydrogen-bond donors (Lipinski definition) is 2. The number of rotatable bonds is 5. The predicted molar refractivity (Wildman–Crippen MR) is 95.0 cm³/mol. The Morgan fingerprint density at radius 3 is 2.60 bits per heavy atom. The molecule has 3 aliphatic heterocycles. The number of amides is 2. The maximum absolute atomic E-state index is 12.6. The van der Waals surface area contributed by atoms with Gasteiger partial charge in [0.2, 0.25) is 11.8 Å². The lowest BCUT2D eigenvalue weighted by atomic mass is 9.83. The highest BCUT2D eigenvalue weighted by atomic mass is 16.3. The average molecular weight is 352 g/mol. The first kappa shape index (κ1) is 18.6. The molecule has 0 saturated carbocycles. The minimum atomic E-state index is -0.282. The van der Waals surface area contributed by atoms with E-state index in [1.807, 2.05) is 4.90 Å². The summed E-state index contributed by atoms with van der Waals surface area (Å²) in [5, 5.41) is 12.8. The molecule has 3 saturated heterocycles. The van der Waals surface area contributed by atoms with Gasteiger partial charge in [0.25, 0.3) is 0 Å². The Kier molecular flexibility index (Phi) is 5.37. The Balaban J connectivity index is 1.63. The van der Waals surface area contributed by atoms with Gasteiger partial charge in [-0.25, -0.2) is 0 Å². The molecule has 0 bridgehead atoms. The lowest BCUT2D eigenvalue weighted by Crippen LogP contribution is -2.78. The topological polar surface area (TPSA) is 76.1 Å². The lowest BCUT2D eigenvalue weighted by Gasteiger charge is -2.61. The molecule has 3 heterocycles. The Morgan fingerprint density at radius 2 is 1.96 bits per heavy atom. The van der Waals surface area contributed by atoms with Gasteiger partial charge in [-0.1, -0.05) is 13.8 Å². The number of carbonyl (C=O) groups excluding carboxylic acids is 2. The molecule has 142 valence electrons. The summed E-state index contributed by atoms with van der Waals surface area (Å²) >= 11 is 0. The highest BCUT2D eigenvalue weighted by Crippen LogP contribution is 2.39. The molecule has 0 aromatic carbocycles. The zero-order chi connectivity index (χ0) is 18.2. The van der Waals surface area contributed by atoms with E-state index in [1.165, 1.54) is 6.92 Å². The summed E-state index contributed by atoms with van der Waals surface area (Å²) in [6.07, 6.45) is 0.817. The predicted octanol–water partition coefficient (Wildman–Crippen LogP) is -0.500. The molecule has 2 atom stereocenters. The van der Waals surface area contributed by atoms with Gasteiger partial charge in [0.1, 0.15) is 0 Å². The minimum Gasteiger partial charge on any atom is -0.392 e. The summed E-state index contributed by atoms with van der Waals surface area (Å²) in [5.41, 5.74) is -0.00104. The Labute approximate surface area is 150 Å². The lowest BCUT2D eigenvalue weighted by molar-refractivity contribution is -0.150. The van der Waals surface area contributed by atoms with E-state index in [4.69, 9.17) is 0 Å². The number of β-amino-alcohol motifs (C(OH)–C–C–N with tert-alkyl or cyclic N) is 1. The summed E-state index contributed by atoms with van der Waals surface area (Å²) in [6, 6.07) is 0.259. The quantitative estimate of drug-likeness (QED) is 0.698. The van der Waals surface area contributed by atoms with E-state index in [1.54, 1.807) is 0 Å². The standard InChI is InChI=1S/C18H32N4O3/c1-13(2)7-20-10-18(11-20)12-21(17(25)4-5-19-14(3)23)8-15-6-16(24)9-22(15)18/h13,15-16,24H,4-12H2,1-3H3,(H,19,23)/t15-,16-/m1/s1. The summed E-state index contributed by atoms with van der Waals surface area (Å²) in [5.74, 6) is 0.643. The smallest absolute Gasteiger partial charge is 0.224 e. The Morgan fingerprint density at radius 1 is 1.24 bits per heavy atom. The normalized spacial score (nSPS) is 28.9. The van der Waals surface area contributed by atoms with Crippen molar-refractivity contribution >= 4 is 11.8 Å². The largest absolute Gasteiger partial charge is 0.392 e. The van der Waals surface area contributed by atoms with E-state index in [-0.39, 0.29) is 29.5 Å². The molecule has 0 radical (unpaired) electrons. The second-order valence-electron chi connectivity index (χ2n) is 8.49. The fraction of sp³-hybridized carbons (Fsp3) is 0.889. The summed E-state index contributed by atoms with van der Waals surface area (Å²) in [6.45, 7) is 11.5. The fourth-order valence-electron chi connectivity index (χ4n) is 4.82. The van der Waals surface area contributed by atoms with Crippen molar-refractivity contribution in [1.29, 1.82) is 0 Å². The third kappa shape index (κ3) is 3.99. The van der Waals surface area contributed by atoms with Gasteiger partial charge in [0, 0.05) is 65.2 Å². The molecular weight excluding hydrogens is 320 g/mol. The molecule has 0 unspecified atom stereocenters. The number of aliphatic hydroxyl groups excluding tert-OH is 1. The molecule has 7 heteroatoms. The van der Waals surface area contributed by atoms with Gasteiger partial charge < -0.3 is 15.3 Å². The van der Waals surface area contributed by atoms with Gasteiger partial charge in [0.05, 0.1) is 11.6 Å². The number of piperazine rings is 1. The first-order chi connectivity index (χ1) is 11.8. The molecule has 2 N–H and O–H groups in total. The van der Waals surface area contributed by atoms with Crippen LogP contribution in [0.3, 0.4) is 0 Å². The SMILES string of the molecule is CC(=O)NCCC(=O)N1C[C@H]2C[C@@H](O)CN2C2(CN(CC(C)C)C2)C1. The zero-order valence-electron chi connectivity index (χ0n) is 15.7. The van der Waals surface area contributed by atoms with Crippen molar-refractivity contribution in [3.63, 3.8) is 0 Å². The number of carbonyl (C=O) groups is 2. The molecule has 0 aliphatic carbocycles. The Hall–Kier alpha value is -1.18. The van der Waals surface area contributed by atoms with Crippen LogP contribution in [0.1, 0.15) is 33.6 Å². The second-order valence-corrected chi connectivity index (χ2v) is 8.49. The number of hydrogen-bond acceptors (Lipinski definition) is 5. The van der Waals surface area contributed by atoms with E-state index in [9.17, 15) is 14.7 Å². The van der Waals surface area contributed by atoms with Crippen molar-refractivity contribution in [3.05, 3.63) is 0 Å². The molecule has 3 rings (SSSR count). The van der Waals surface area contributed by atoms with Crippen molar-refractivity contribution < 1.29 is 14.7 Å². The summed E-state index contributed by atoms with van der Waals surface area (Å²) in [7, 11) is 0. The van der Waals surface area contributed by atoms with Crippen molar-refractivity contribution in [3.8, 4) is 0 Å². The first-order valence-corrected chi connectivity index (χ1v) is 9.48. The van der Waals surface area contributed by atoms with Gasteiger partial charge in [-0.15, -0.1) is 0 Å². The van der Waals surface area contributed by atoms with Crippen LogP contribution in [0.2, 0.25) is 0 Å². The van der Waals surface area contributed by atoms with E-state index in [0.29, 0.717) is 25.4 Å². The Bertz CT molecular complexity index is 518. The molecule has 7 nitrogen and oxygen atoms in total. The van der Waals surface area contributed by atoms with Crippen LogP contribution in [0.25, 0.3) is 0 Å². The molecule has 25 heavy (non-hydrogen) atoms. The highest BCUT2D eigenvalue weighted by Gasteiger charge is 2.56. The average Bonchev–Trinajstić information content (AvgIpc) is 2.85. The number of fused-ring (bicyclic) bond motifs is 2. The van der Waals surface area contributed by atoms with Crippen LogP contribution >= 0.6 is 0 Å². The number of aliphatic hydroxyl groups is 1. The van der Waals surface area contributed by atoms with Crippen molar-refractivity contribution in [2.75, 3.05) is 45.8 Å². The van der Waals surface area contributed by atoms with Gasteiger partial charge in [-0.05, 0) is 12.3 Å². The molecule has 0 aromatic heterocycles. The van der Waals surface area contributed by atoms with Crippen LogP contribution in [0.5, 0.6) is 0 Å². The number of nitrogens with zero attached hydrogens (tertiary/aromatic N) is 3. The van der Waals surface area contributed by atoms with Crippen LogP contribution in [-0.4, -0.2) is 95.1 Å². The maximum Gasteiger partial charge on any atom is 0.224 e. The highest BCUT2D eigenvalue weighted by molar-refractivity contribution is 5.78. The zero-order valence-corrected chi connectivity index (χ0v) is 15.7. The summed E-state index contributed by atoms with van der Waals surface area (Å²) < 4.78 is 0. The van der Waals surface area contributed by atoms with Crippen LogP contribution in [0.15, 0.2) is 0 Å². The fourth-order valence-corrected chi connectivity index (χ4v) is 4.82. The first-order valence-electron chi connectivity index (χ1n) is 9.48. The van der Waals surface area contributed by atoms with Crippen molar-refractivity contribution in [2.45, 2.75) is 51.3 Å². The van der Waals surface area contributed by atoms with Crippen LogP contribution in [0.4, 0.5) is 0 Å². The van der Waals surface area contributed by atoms with Crippen LogP contribution in [0, 0.1) is 5.92 Å². The van der Waals surface area contributed by atoms with E-state index in [0.717, 1.165) is 39.1 Å². The van der Waals surface area contributed by atoms with Gasteiger partial charge in [-0.3, -0.25) is 19.4 Å². The second kappa shape index (κ2) is 7.21. The monoisotopic (exact) mass is 352 g/mol. The van der Waals surface area contributed by atoms with Crippen LogP contribution < -0.4 is 5.32 Å².